The van der Waals surface area contributed by atoms with Crippen LogP contribution in [-0.2, 0) is 9.84 Å². The van der Waals surface area contributed by atoms with Crippen molar-refractivity contribution in [3.05, 3.63) is 34.2 Å². The van der Waals surface area contributed by atoms with Crippen molar-refractivity contribution in [1.82, 2.24) is 0 Å². The van der Waals surface area contributed by atoms with Crippen molar-refractivity contribution < 1.29 is 13.5 Å². The monoisotopic (exact) mass is 258 g/mol. The van der Waals surface area contributed by atoms with Crippen molar-refractivity contribution in [3.8, 4) is 0 Å². The first-order valence-electron chi connectivity index (χ1n) is 4.84. The van der Waals surface area contributed by atoms with Crippen LogP contribution in [-0.4, -0.2) is 19.6 Å². The molecular weight excluding hydrogens is 248 g/mol. The predicted octanol–water partition coefficient (Wildman–Crippen LogP) is 2.24. The molecule has 1 atom stereocenters. The van der Waals surface area contributed by atoms with Crippen LogP contribution >= 0.6 is 11.6 Å². The Bertz CT molecular complexity index is 559. The number of benzene rings is 1. The minimum Gasteiger partial charge on any atom is -0.393 e. The van der Waals surface area contributed by atoms with Crippen LogP contribution in [0.4, 0.5) is 0 Å². The third kappa shape index (κ3) is 1.88. The third-order valence-electron chi connectivity index (χ3n) is 2.42. The van der Waals surface area contributed by atoms with Gasteiger partial charge in [-0.2, -0.15) is 0 Å². The van der Waals surface area contributed by atoms with Crippen molar-refractivity contribution in [2.45, 2.75) is 24.3 Å². The van der Waals surface area contributed by atoms with Crippen LogP contribution in [0.5, 0.6) is 0 Å². The number of halogens is 1. The Hall–Kier alpha value is -0.840. The van der Waals surface area contributed by atoms with Crippen LogP contribution in [0.3, 0.4) is 0 Å². The van der Waals surface area contributed by atoms with E-state index in [0.29, 0.717) is 16.2 Å². The highest BCUT2D eigenvalue weighted by molar-refractivity contribution is 7.95. The maximum Gasteiger partial charge on any atom is 0.200 e. The maximum absolute atomic E-state index is 11.8. The molecule has 0 aliphatic carbocycles. The topological polar surface area (TPSA) is 54.4 Å². The van der Waals surface area contributed by atoms with Gasteiger partial charge in [-0.3, -0.25) is 0 Å². The molecular formula is C11H11ClO3S. The van der Waals surface area contributed by atoms with Gasteiger partial charge in [0.2, 0.25) is 9.84 Å². The SMILES string of the molecule is CC(O)CC1=CS(=O)(=O)c2cccc(Cl)c21. The minimum absolute atomic E-state index is 0.232. The fourth-order valence-electron chi connectivity index (χ4n) is 1.83. The van der Waals surface area contributed by atoms with Gasteiger partial charge < -0.3 is 5.11 Å². The van der Waals surface area contributed by atoms with Gasteiger partial charge in [-0.25, -0.2) is 8.42 Å². The van der Waals surface area contributed by atoms with Gasteiger partial charge in [-0.1, -0.05) is 17.7 Å². The summed E-state index contributed by atoms with van der Waals surface area (Å²) >= 11 is 5.99. The lowest BCUT2D eigenvalue weighted by atomic mass is 10.0. The van der Waals surface area contributed by atoms with Crippen LogP contribution < -0.4 is 0 Å². The van der Waals surface area contributed by atoms with E-state index in [1.165, 1.54) is 11.5 Å². The molecule has 1 aliphatic rings. The van der Waals surface area contributed by atoms with E-state index in [4.69, 9.17) is 11.6 Å². The summed E-state index contributed by atoms with van der Waals surface area (Å²) in [5.74, 6) is 0. The largest absolute Gasteiger partial charge is 0.393 e. The van der Waals surface area contributed by atoms with E-state index in [1.54, 1.807) is 19.1 Å². The van der Waals surface area contributed by atoms with Gasteiger partial charge in [0.25, 0.3) is 0 Å². The van der Waals surface area contributed by atoms with Crippen LogP contribution in [0.25, 0.3) is 5.57 Å². The predicted molar refractivity (Wildman–Crippen MR) is 62.9 cm³/mol. The average Bonchev–Trinajstić information content (AvgIpc) is 2.38. The Morgan fingerprint density at radius 2 is 2.12 bits per heavy atom. The Morgan fingerprint density at radius 1 is 1.44 bits per heavy atom. The number of rotatable bonds is 2. The molecule has 0 amide bonds. The van der Waals surface area contributed by atoms with E-state index in [2.05, 4.69) is 0 Å². The molecule has 1 aromatic carbocycles. The van der Waals surface area contributed by atoms with Crippen molar-refractivity contribution in [2.75, 3.05) is 0 Å². The Kier molecular flexibility index (Phi) is 2.82. The zero-order chi connectivity index (χ0) is 11.9. The normalized spacial score (nSPS) is 19.1. The Morgan fingerprint density at radius 3 is 2.75 bits per heavy atom. The highest BCUT2D eigenvalue weighted by Crippen LogP contribution is 2.39. The van der Waals surface area contributed by atoms with Gasteiger partial charge >= 0.3 is 0 Å². The number of sulfone groups is 1. The van der Waals surface area contributed by atoms with Crippen LogP contribution in [0.2, 0.25) is 5.02 Å². The second-order valence-electron chi connectivity index (χ2n) is 3.85. The molecule has 1 aliphatic heterocycles. The van der Waals surface area contributed by atoms with Crippen LogP contribution in [0.1, 0.15) is 18.9 Å². The quantitative estimate of drug-likeness (QED) is 0.885. The van der Waals surface area contributed by atoms with Gasteiger partial charge in [0.15, 0.2) is 0 Å². The first kappa shape index (κ1) is 11.6. The molecule has 0 bridgehead atoms. The summed E-state index contributed by atoms with van der Waals surface area (Å²) in [6, 6.07) is 4.79. The molecule has 16 heavy (non-hydrogen) atoms. The van der Waals surface area contributed by atoms with Gasteiger partial charge in [-0.15, -0.1) is 0 Å². The van der Waals surface area contributed by atoms with Crippen molar-refractivity contribution in [3.63, 3.8) is 0 Å². The van der Waals surface area contributed by atoms with Gasteiger partial charge in [0.1, 0.15) is 0 Å². The fraction of sp³-hybridized carbons (Fsp3) is 0.273. The Labute approximate surface area is 99.3 Å². The molecule has 5 heteroatoms. The lowest BCUT2D eigenvalue weighted by molar-refractivity contribution is 0.201. The van der Waals surface area contributed by atoms with E-state index in [-0.39, 0.29) is 11.3 Å². The van der Waals surface area contributed by atoms with Crippen LogP contribution in [0.15, 0.2) is 28.5 Å². The molecule has 1 N–H and O–H groups in total. The summed E-state index contributed by atoms with van der Waals surface area (Å²) in [4.78, 5) is 0.232. The molecule has 1 unspecified atom stereocenters. The number of aliphatic hydroxyl groups is 1. The molecule has 1 aromatic rings. The molecule has 0 fully saturated rings. The van der Waals surface area contributed by atoms with Gasteiger partial charge in [-0.05, 0) is 31.1 Å². The smallest absolute Gasteiger partial charge is 0.200 e. The third-order valence-corrected chi connectivity index (χ3v) is 4.28. The van der Waals surface area contributed by atoms with E-state index in [0.717, 1.165) is 0 Å². The molecule has 3 nitrogen and oxygen atoms in total. The van der Waals surface area contributed by atoms with E-state index < -0.39 is 15.9 Å². The van der Waals surface area contributed by atoms with E-state index >= 15 is 0 Å². The number of aliphatic hydroxyl groups excluding tert-OH is 1. The van der Waals surface area contributed by atoms with Gasteiger partial charge in [0.05, 0.1) is 11.0 Å². The first-order chi connectivity index (χ1) is 7.42. The molecule has 0 saturated carbocycles. The zero-order valence-corrected chi connectivity index (χ0v) is 10.2. The lowest BCUT2D eigenvalue weighted by Gasteiger charge is -2.08. The number of fused-ring (bicyclic) bond motifs is 1. The van der Waals surface area contributed by atoms with Gasteiger partial charge in [0, 0.05) is 16.0 Å². The number of hydrogen-bond donors (Lipinski definition) is 1. The lowest BCUT2D eigenvalue weighted by Crippen LogP contribution is -2.00. The molecule has 86 valence electrons. The minimum atomic E-state index is -3.38. The second-order valence-corrected chi connectivity index (χ2v) is 6.03. The van der Waals surface area contributed by atoms with E-state index in [9.17, 15) is 13.5 Å². The summed E-state index contributed by atoms with van der Waals surface area (Å²) < 4.78 is 23.6. The van der Waals surface area contributed by atoms with E-state index in [1.807, 2.05) is 0 Å². The summed E-state index contributed by atoms with van der Waals surface area (Å²) in [7, 11) is -3.38. The molecule has 2 rings (SSSR count). The highest BCUT2D eigenvalue weighted by Gasteiger charge is 2.28. The first-order valence-corrected chi connectivity index (χ1v) is 6.77. The van der Waals surface area contributed by atoms with Crippen molar-refractivity contribution in [1.29, 1.82) is 0 Å². The highest BCUT2D eigenvalue weighted by atomic mass is 35.5. The summed E-state index contributed by atoms with van der Waals surface area (Å²) in [6.07, 6.45) is -0.306. The van der Waals surface area contributed by atoms with Crippen LogP contribution in [0, 0.1) is 0 Å². The van der Waals surface area contributed by atoms with Crippen molar-refractivity contribution in [2.24, 2.45) is 0 Å². The van der Waals surface area contributed by atoms with Crippen molar-refractivity contribution >= 4 is 27.0 Å². The number of hydrogen-bond acceptors (Lipinski definition) is 3. The average molecular weight is 259 g/mol. The molecule has 1 heterocycles. The summed E-state index contributed by atoms with van der Waals surface area (Å²) in [5, 5.41) is 10.9. The second kappa shape index (κ2) is 3.87. The summed E-state index contributed by atoms with van der Waals surface area (Å²) in [6.45, 7) is 1.61. The fourth-order valence-corrected chi connectivity index (χ4v) is 3.69. The Balaban J connectivity index is 2.62. The summed E-state index contributed by atoms with van der Waals surface area (Å²) in [5.41, 5.74) is 1.11. The standard InChI is InChI=1S/C11H11ClO3S/c1-7(13)5-8-6-16(14,15)10-4-2-3-9(12)11(8)10/h2-4,6-7,13H,5H2,1H3. The molecule has 0 spiro atoms. The zero-order valence-electron chi connectivity index (χ0n) is 8.64. The maximum atomic E-state index is 11.8. The molecule has 0 aromatic heterocycles. The molecule has 0 radical (unpaired) electrons. The molecule has 0 saturated heterocycles.